The van der Waals surface area contributed by atoms with Crippen LogP contribution in [0.4, 0.5) is 0 Å². The molecule has 1 aliphatic rings. The molecule has 7 nitrogen and oxygen atoms in total. The molecule has 0 radical (unpaired) electrons. The summed E-state index contributed by atoms with van der Waals surface area (Å²) in [7, 11) is -1.61. The second-order valence-corrected chi connectivity index (χ2v) is 9.90. The number of carbonyl (C=O) groups is 1. The van der Waals surface area contributed by atoms with Crippen molar-refractivity contribution in [1.82, 2.24) is 14.3 Å². The van der Waals surface area contributed by atoms with Crippen LogP contribution < -0.4 is 10.2 Å². The number of carbonyl (C=O) groups excluding carboxylic acids is 1. The third kappa shape index (κ3) is 3.98. The number of hydrogen-bond donors (Lipinski definition) is 1. The molecule has 9 heteroatoms. The van der Waals surface area contributed by atoms with Crippen LogP contribution in [0.1, 0.15) is 29.6 Å². The highest BCUT2D eigenvalue weighted by molar-refractivity contribution is 7.89. The highest BCUT2D eigenvalue weighted by Gasteiger charge is 2.25. The lowest BCUT2D eigenvalue weighted by molar-refractivity contribution is 0.0953. The Labute approximate surface area is 173 Å². The molecule has 0 bridgehead atoms. The normalized spacial score (nSPS) is 16.2. The number of fused-ring (bicyclic) bond motifs is 1. The predicted molar refractivity (Wildman–Crippen MR) is 113 cm³/mol. The Morgan fingerprint density at radius 2 is 1.72 bits per heavy atom. The number of benzene rings is 2. The Kier molecular flexibility index (Phi) is 5.53. The van der Waals surface area contributed by atoms with Crippen molar-refractivity contribution in [3.63, 3.8) is 0 Å². The summed E-state index contributed by atoms with van der Waals surface area (Å²) in [5.41, 5.74) is 3.95. The van der Waals surface area contributed by atoms with E-state index < -0.39 is 10.0 Å². The van der Waals surface area contributed by atoms with Gasteiger partial charge < -0.3 is 4.57 Å². The zero-order chi connectivity index (χ0) is 20.4. The molecule has 29 heavy (non-hydrogen) atoms. The minimum atomic E-state index is -3.50. The summed E-state index contributed by atoms with van der Waals surface area (Å²) >= 11 is 1.48. The summed E-state index contributed by atoms with van der Waals surface area (Å²) in [6.45, 7) is 1.10. The molecule has 0 spiro atoms. The average molecular weight is 431 g/mol. The van der Waals surface area contributed by atoms with E-state index in [1.165, 1.54) is 39.9 Å². The van der Waals surface area contributed by atoms with Crippen molar-refractivity contribution in [2.45, 2.75) is 24.2 Å². The molecule has 0 unspecified atom stereocenters. The Balaban J connectivity index is 1.51. The maximum atomic E-state index is 12.7. The summed E-state index contributed by atoms with van der Waals surface area (Å²) in [4.78, 5) is 13.3. The predicted octanol–water partition coefficient (Wildman–Crippen LogP) is 2.66. The van der Waals surface area contributed by atoms with Gasteiger partial charge in [0.15, 0.2) is 0 Å². The topological polar surface area (TPSA) is 83.8 Å². The molecule has 0 saturated carbocycles. The third-order valence-corrected chi connectivity index (χ3v) is 8.06. The molecular formula is C20H22N4O3S2. The number of nitrogens with one attached hydrogen (secondary N) is 1. The van der Waals surface area contributed by atoms with Gasteiger partial charge in [0.2, 0.25) is 14.8 Å². The molecule has 1 aromatic heterocycles. The van der Waals surface area contributed by atoms with Gasteiger partial charge in [0.05, 0.1) is 15.1 Å². The number of piperidine rings is 1. The minimum absolute atomic E-state index is 0.212. The van der Waals surface area contributed by atoms with Gasteiger partial charge in [-0.25, -0.2) is 13.8 Å². The van der Waals surface area contributed by atoms with Gasteiger partial charge in [-0.1, -0.05) is 29.9 Å². The summed E-state index contributed by atoms with van der Waals surface area (Å²) in [5, 5.41) is 4.22. The van der Waals surface area contributed by atoms with Crippen LogP contribution in [0.25, 0.3) is 10.2 Å². The molecule has 0 aliphatic carbocycles. The van der Waals surface area contributed by atoms with Crippen LogP contribution in [0.5, 0.6) is 0 Å². The highest BCUT2D eigenvalue weighted by Crippen LogP contribution is 2.21. The first-order valence-corrected chi connectivity index (χ1v) is 11.7. The molecule has 4 rings (SSSR count). The molecule has 1 aliphatic heterocycles. The Morgan fingerprint density at radius 3 is 2.41 bits per heavy atom. The lowest BCUT2D eigenvalue weighted by atomic mass is 10.2. The molecule has 2 heterocycles. The summed E-state index contributed by atoms with van der Waals surface area (Å²) in [6.07, 6.45) is 2.83. The quantitative estimate of drug-likeness (QED) is 0.646. The van der Waals surface area contributed by atoms with E-state index in [9.17, 15) is 13.2 Å². The van der Waals surface area contributed by atoms with Gasteiger partial charge in [-0.15, -0.1) is 5.10 Å². The SMILES string of the molecule is Cn1/c(=N/NC(=O)c2ccc(S(=O)(=O)N3CCCCC3)cc2)sc2ccccc21. The second-order valence-electron chi connectivity index (χ2n) is 6.95. The number of thiazole rings is 1. The van der Waals surface area contributed by atoms with Crippen molar-refractivity contribution < 1.29 is 13.2 Å². The molecule has 1 N–H and O–H groups in total. The van der Waals surface area contributed by atoms with Gasteiger partial charge in [-0.3, -0.25) is 4.79 Å². The van der Waals surface area contributed by atoms with Crippen molar-refractivity contribution in [2.24, 2.45) is 12.1 Å². The van der Waals surface area contributed by atoms with Gasteiger partial charge in [0, 0.05) is 25.7 Å². The number of amides is 1. The fourth-order valence-corrected chi connectivity index (χ4v) is 5.88. The third-order valence-electron chi connectivity index (χ3n) is 5.04. The van der Waals surface area contributed by atoms with Crippen molar-refractivity contribution in [2.75, 3.05) is 13.1 Å². The van der Waals surface area contributed by atoms with Crippen molar-refractivity contribution in [3.05, 3.63) is 58.9 Å². The van der Waals surface area contributed by atoms with Crippen LogP contribution in [-0.4, -0.2) is 36.3 Å². The number of sulfonamides is 1. The second kappa shape index (κ2) is 8.10. The molecule has 1 amide bonds. The molecule has 0 atom stereocenters. The fourth-order valence-electron chi connectivity index (χ4n) is 3.38. The molecular weight excluding hydrogens is 408 g/mol. The zero-order valence-electron chi connectivity index (χ0n) is 16.0. The molecule has 3 aromatic rings. The first-order valence-electron chi connectivity index (χ1n) is 9.46. The van der Waals surface area contributed by atoms with Crippen molar-refractivity contribution in [3.8, 4) is 0 Å². The van der Waals surface area contributed by atoms with Gasteiger partial charge >= 0.3 is 0 Å². The standard InChI is InChI=1S/C20H22N4O3S2/c1-23-17-7-3-4-8-18(17)28-20(23)22-21-19(25)15-9-11-16(12-10-15)29(26,27)24-13-5-2-6-14-24/h3-4,7-12H,2,5-6,13-14H2,1H3,(H,21,25)/b22-20-. The summed E-state index contributed by atoms with van der Waals surface area (Å²) in [5.74, 6) is -0.385. The Morgan fingerprint density at radius 1 is 1.03 bits per heavy atom. The van der Waals surface area contributed by atoms with Gasteiger partial charge in [-0.2, -0.15) is 4.31 Å². The zero-order valence-corrected chi connectivity index (χ0v) is 17.7. The van der Waals surface area contributed by atoms with E-state index in [4.69, 9.17) is 0 Å². The Bertz CT molecular complexity index is 1200. The van der Waals surface area contributed by atoms with Crippen LogP contribution in [0.2, 0.25) is 0 Å². The van der Waals surface area contributed by atoms with Gasteiger partial charge in [-0.05, 0) is 49.2 Å². The van der Waals surface area contributed by atoms with E-state index in [1.807, 2.05) is 35.9 Å². The first-order chi connectivity index (χ1) is 14.0. The molecule has 2 aromatic carbocycles. The van der Waals surface area contributed by atoms with E-state index in [0.717, 1.165) is 29.5 Å². The lowest BCUT2D eigenvalue weighted by Crippen LogP contribution is -2.35. The largest absolute Gasteiger partial charge is 0.318 e. The maximum absolute atomic E-state index is 12.7. The monoisotopic (exact) mass is 430 g/mol. The van der Waals surface area contributed by atoms with Crippen LogP contribution in [0, 0.1) is 0 Å². The van der Waals surface area contributed by atoms with E-state index in [1.54, 1.807) is 0 Å². The van der Waals surface area contributed by atoms with E-state index in [-0.39, 0.29) is 10.8 Å². The number of para-hydroxylation sites is 1. The smallest absolute Gasteiger partial charge is 0.271 e. The van der Waals surface area contributed by atoms with E-state index in [0.29, 0.717) is 23.5 Å². The van der Waals surface area contributed by atoms with Crippen LogP contribution >= 0.6 is 11.3 Å². The van der Waals surface area contributed by atoms with E-state index in [2.05, 4.69) is 10.5 Å². The van der Waals surface area contributed by atoms with Crippen molar-refractivity contribution >= 4 is 37.5 Å². The highest BCUT2D eigenvalue weighted by atomic mass is 32.2. The molecule has 152 valence electrons. The van der Waals surface area contributed by atoms with Crippen molar-refractivity contribution in [1.29, 1.82) is 0 Å². The lowest BCUT2D eigenvalue weighted by Gasteiger charge is -2.25. The summed E-state index contributed by atoms with van der Waals surface area (Å²) in [6, 6.07) is 13.9. The van der Waals surface area contributed by atoms with Crippen LogP contribution in [0.15, 0.2) is 58.5 Å². The number of nitrogens with zero attached hydrogens (tertiary/aromatic N) is 3. The number of aromatic nitrogens is 1. The maximum Gasteiger partial charge on any atom is 0.271 e. The molecule has 1 saturated heterocycles. The minimum Gasteiger partial charge on any atom is -0.318 e. The van der Waals surface area contributed by atoms with Gasteiger partial charge in [0.25, 0.3) is 5.91 Å². The average Bonchev–Trinajstić information content (AvgIpc) is 3.08. The fraction of sp³-hybridized carbons (Fsp3) is 0.300. The Hall–Kier alpha value is -2.49. The van der Waals surface area contributed by atoms with E-state index >= 15 is 0 Å². The van der Waals surface area contributed by atoms with Crippen LogP contribution in [0.3, 0.4) is 0 Å². The summed E-state index contributed by atoms with van der Waals surface area (Å²) < 4.78 is 29.9. The van der Waals surface area contributed by atoms with Gasteiger partial charge in [0.1, 0.15) is 0 Å². The number of rotatable bonds is 4. The number of aryl methyl sites for hydroxylation is 1. The number of hydrogen-bond acceptors (Lipinski definition) is 5. The first kappa shape index (κ1) is 19.8. The van der Waals surface area contributed by atoms with Crippen LogP contribution in [-0.2, 0) is 17.1 Å². The molecule has 1 fully saturated rings.